The van der Waals surface area contributed by atoms with E-state index in [0.717, 1.165) is 27.8 Å². The molecular formula is C36H35N7O6. The number of hydrogen-bond acceptors (Lipinski definition) is 10. The van der Waals surface area contributed by atoms with E-state index in [4.69, 9.17) is 9.47 Å². The van der Waals surface area contributed by atoms with Gasteiger partial charge in [-0.25, -0.2) is 15.0 Å². The zero-order valence-corrected chi connectivity index (χ0v) is 26.6. The summed E-state index contributed by atoms with van der Waals surface area (Å²) in [7, 11) is 0. The summed E-state index contributed by atoms with van der Waals surface area (Å²) in [6, 6.07) is 21.4. The largest absolute Gasteiger partial charge is 0.489 e. The second-order valence-corrected chi connectivity index (χ2v) is 11.9. The first-order valence-electron chi connectivity index (χ1n) is 15.9. The van der Waals surface area contributed by atoms with Crippen LogP contribution in [-0.4, -0.2) is 77.8 Å². The Morgan fingerprint density at radius 1 is 1.02 bits per heavy atom. The van der Waals surface area contributed by atoms with Crippen molar-refractivity contribution >= 4 is 39.6 Å². The monoisotopic (exact) mass is 661 g/mol. The number of Topliss-reactive ketones (excluding diaryl/α,β-unsaturated/α-hetero) is 1. The molecule has 4 atom stereocenters. The Labute approximate surface area is 281 Å². The van der Waals surface area contributed by atoms with Crippen LogP contribution in [0.1, 0.15) is 45.0 Å². The average Bonchev–Trinajstić information content (AvgIpc) is 3.83. The minimum absolute atomic E-state index is 0.175. The second kappa shape index (κ2) is 13.8. The van der Waals surface area contributed by atoms with Crippen molar-refractivity contribution in [3.8, 4) is 5.75 Å². The molecule has 0 bridgehead atoms. The number of benzene rings is 3. The molecule has 3 aromatic heterocycles. The Balaban J connectivity index is 1.06. The highest BCUT2D eigenvalue weighted by molar-refractivity contribution is 5.99. The first-order valence-corrected chi connectivity index (χ1v) is 15.9. The third-order valence-electron chi connectivity index (χ3n) is 8.69. The van der Waals surface area contributed by atoms with Crippen LogP contribution in [0.3, 0.4) is 0 Å². The smallest absolute Gasteiger partial charge is 0.251 e. The van der Waals surface area contributed by atoms with E-state index in [2.05, 4.69) is 30.6 Å². The number of hydrogen-bond donors (Lipinski definition) is 5. The molecule has 6 aromatic rings. The lowest BCUT2D eigenvalue weighted by Gasteiger charge is -2.23. The first-order chi connectivity index (χ1) is 23.9. The van der Waals surface area contributed by atoms with E-state index in [9.17, 15) is 19.8 Å². The summed E-state index contributed by atoms with van der Waals surface area (Å²) in [6.45, 7) is 1.98. The summed E-state index contributed by atoms with van der Waals surface area (Å²) in [5, 5.41) is 28.2. The molecule has 0 saturated carbocycles. The molecule has 1 fully saturated rings. The number of fused-ring (bicyclic) bond motifs is 2. The number of anilines is 1. The van der Waals surface area contributed by atoms with Crippen LogP contribution in [0.2, 0.25) is 0 Å². The molecule has 4 heterocycles. The van der Waals surface area contributed by atoms with Gasteiger partial charge in [-0.1, -0.05) is 42.5 Å². The van der Waals surface area contributed by atoms with E-state index in [1.807, 2.05) is 54.7 Å². The van der Waals surface area contributed by atoms with Gasteiger partial charge >= 0.3 is 0 Å². The number of nitrogens with zero attached hydrogens (tertiary/aromatic N) is 4. The normalized spacial score (nSPS) is 18.9. The minimum atomic E-state index is -1.23. The Morgan fingerprint density at radius 3 is 2.67 bits per heavy atom. The van der Waals surface area contributed by atoms with Gasteiger partial charge in [-0.2, -0.15) is 0 Å². The topological polar surface area (TPSA) is 177 Å². The molecular weight excluding hydrogens is 626 g/mol. The summed E-state index contributed by atoms with van der Waals surface area (Å²) in [5.41, 5.74) is 4.75. The summed E-state index contributed by atoms with van der Waals surface area (Å²) in [5.74, 6) is 0.614. The van der Waals surface area contributed by atoms with Gasteiger partial charge in [-0.3, -0.25) is 14.2 Å². The molecule has 7 rings (SSSR count). The summed E-state index contributed by atoms with van der Waals surface area (Å²) >= 11 is 0. The maximum Gasteiger partial charge on any atom is 0.251 e. The van der Waals surface area contributed by atoms with Gasteiger partial charge in [0.05, 0.1) is 12.9 Å². The Kier molecular flexibility index (Phi) is 9.03. The maximum absolute atomic E-state index is 13.2. The summed E-state index contributed by atoms with van der Waals surface area (Å²) < 4.78 is 13.7. The molecule has 0 aliphatic carbocycles. The number of nitrogens with one attached hydrogen (secondary N) is 3. The SMILES string of the molecule is CC(=O)c1cccc(C(=O)N[C@@H]2[C@H](O)[C@@H](CO)O[C@H]2n2cnc3c(NCCc4c[nH]c5ccc(OCc6ccccc6)cc45)ncnc32)c1. The van der Waals surface area contributed by atoms with Crippen molar-refractivity contribution in [2.24, 2.45) is 0 Å². The number of imidazole rings is 1. The van der Waals surface area contributed by atoms with Gasteiger partial charge in [-0.15, -0.1) is 0 Å². The fourth-order valence-corrected chi connectivity index (χ4v) is 6.08. The molecule has 13 nitrogen and oxygen atoms in total. The van der Waals surface area contributed by atoms with Crippen LogP contribution in [0.4, 0.5) is 5.82 Å². The maximum atomic E-state index is 13.2. The Bertz CT molecular complexity index is 2110. The molecule has 49 heavy (non-hydrogen) atoms. The number of ketones is 1. The predicted octanol–water partition coefficient (Wildman–Crippen LogP) is 3.79. The number of aliphatic hydroxyl groups is 2. The summed E-state index contributed by atoms with van der Waals surface area (Å²) in [4.78, 5) is 41.8. The van der Waals surface area contributed by atoms with E-state index in [1.165, 1.54) is 25.6 Å². The van der Waals surface area contributed by atoms with Crippen molar-refractivity contribution in [2.45, 2.75) is 44.4 Å². The molecule has 0 unspecified atom stereocenters. The number of H-pyrrole nitrogens is 1. The molecule has 0 radical (unpaired) electrons. The molecule has 3 aromatic carbocycles. The van der Waals surface area contributed by atoms with Crippen LogP contribution in [0.15, 0.2) is 91.6 Å². The Morgan fingerprint density at radius 2 is 1.86 bits per heavy atom. The molecule has 1 saturated heterocycles. The van der Waals surface area contributed by atoms with Gasteiger partial charge in [0.15, 0.2) is 29.0 Å². The predicted molar refractivity (Wildman–Crippen MR) is 181 cm³/mol. The summed E-state index contributed by atoms with van der Waals surface area (Å²) in [6.07, 6.45) is 2.45. The minimum Gasteiger partial charge on any atom is -0.489 e. The van der Waals surface area contributed by atoms with Crippen LogP contribution in [-0.2, 0) is 17.8 Å². The number of ether oxygens (including phenoxy) is 2. The van der Waals surface area contributed by atoms with Gasteiger partial charge in [0.2, 0.25) is 0 Å². The van der Waals surface area contributed by atoms with Crippen LogP contribution < -0.4 is 15.4 Å². The number of rotatable bonds is 12. The van der Waals surface area contributed by atoms with Crippen LogP contribution in [0, 0.1) is 0 Å². The Hall–Kier alpha value is -5.63. The number of carbonyl (C=O) groups excluding carboxylic acids is 2. The molecule has 13 heteroatoms. The molecule has 250 valence electrons. The number of carbonyl (C=O) groups is 2. The van der Waals surface area contributed by atoms with Crippen LogP contribution in [0.5, 0.6) is 5.75 Å². The third-order valence-corrected chi connectivity index (χ3v) is 8.69. The zero-order chi connectivity index (χ0) is 33.9. The highest BCUT2D eigenvalue weighted by atomic mass is 16.5. The van der Waals surface area contributed by atoms with Gasteiger partial charge in [0.1, 0.15) is 36.9 Å². The number of amides is 1. The third kappa shape index (κ3) is 6.59. The van der Waals surface area contributed by atoms with E-state index in [-0.39, 0.29) is 11.3 Å². The van der Waals surface area contributed by atoms with Crippen LogP contribution in [0.25, 0.3) is 22.1 Å². The second-order valence-electron chi connectivity index (χ2n) is 11.9. The van der Waals surface area contributed by atoms with E-state index < -0.39 is 37.0 Å². The molecule has 0 spiro atoms. The van der Waals surface area contributed by atoms with Gasteiger partial charge in [0, 0.05) is 34.8 Å². The van der Waals surface area contributed by atoms with Gasteiger partial charge in [-0.05, 0) is 54.8 Å². The van der Waals surface area contributed by atoms with Crippen molar-refractivity contribution in [1.29, 1.82) is 0 Å². The van der Waals surface area contributed by atoms with Crippen molar-refractivity contribution in [2.75, 3.05) is 18.5 Å². The van der Waals surface area contributed by atoms with Crippen molar-refractivity contribution in [3.05, 3.63) is 114 Å². The molecule has 1 amide bonds. The quantitative estimate of drug-likeness (QED) is 0.121. The van der Waals surface area contributed by atoms with Gasteiger partial charge in [0.25, 0.3) is 5.91 Å². The fourth-order valence-electron chi connectivity index (χ4n) is 6.08. The zero-order valence-electron chi connectivity index (χ0n) is 26.6. The van der Waals surface area contributed by atoms with Crippen molar-refractivity contribution in [1.82, 2.24) is 29.8 Å². The first kappa shape index (κ1) is 31.9. The standard InChI is InChI=1S/C36H35N7O6/c1-21(45)23-8-5-9-24(14-23)35(47)42-30-32(46)29(17-44)49-36(30)43-20-41-31-33(39-19-40-34(31)43)37-13-12-25-16-38-28-11-10-26(15-27(25)28)48-18-22-6-3-2-4-7-22/h2-11,14-16,19-20,29-30,32,36,38,44,46H,12-13,17-18H2,1H3,(H,42,47)(H,37,39,40)/t29-,30-,32-,36-/m1/s1. The molecule has 1 aliphatic rings. The van der Waals surface area contributed by atoms with Crippen LogP contribution >= 0.6 is 0 Å². The molecule has 5 N–H and O–H groups in total. The van der Waals surface area contributed by atoms with Crippen molar-refractivity contribution in [3.63, 3.8) is 0 Å². The van der Waals surface area contributed by atoms with Gasteiger partial charge < -0.3 is 35.3 Å². The fraction of sp³-hybridized carbons (Fsp3) is 0.250. The average molecular weight is 662 g/mol. The van der Waals surface area contributed by atoms with Crippen molar-refractivity contribution < 1.29 is 29.3 Å². The molecule has 1 aliphatic heterocycles. The lowest BCUT2D eigenvalue weighted by molar-refractivity contribution is -0.0440. The number of aromatic nitrogens is 5. The lowest BCUT2D eigenvalue weighted by atomic mass is 10.1. The highest BCUT2D eigenvalue weighted by Crippen LogP contribution is 2.33. The number of aliphatic hydroxyl groups excluding tert-OH is 2. The van der Waals surface area contributed by atoms with E-state index >= 15 is 0 Å². The highest BCUT2D eigenvalue weighted by Gasteiger charge is 2.46. The van der Waals surface area contributed by atoms with E-state index in [1.54, 1.807) is 22.8 Å². The van der Waals surface area contributed by atoms with E-state index in [0.29, 0.717) is 42.1 Å². The number of aromatic amines is 1. The lowest BCUT2D eigenvalue weighted by Crippen LogP contribution is -2.46.